The first kappa shape index (κ1) is 22.1. The van der Waals surface area contributed by atoms with E-state index in [0.29, 0.717) is 18.4 Å². The van der Waals surface area contributed by atoms with Crippen LogP contribution < -0.4 is 10.2 Å². The first-order chi connectivity index (χ1) is 14.9. The molecule has 0 unspecified atom stereocenters. The molecule has 0 radical (unpaired) electrons. The molecule has 1 aromatic rings. The molecular weight excluding hydrogens is 390 g/mol. The van der Waals surface area contributed by atoms with Crippen molar-refractivity contribution >= 4 is 23.2 Å². The van der Waals surface area contributed by atoms with Crippen molar-refractivity contribution in [3.05, 3.63) is 23.8 Å². The zero-order valence-corrected chi connectivity index (χ0v) is 19.0. The third kappa shape index (κ3) is 4.59. The summed E-state index contributed by atoms with van der Waals surface area (Å²) in [6, 6.07) is 6.42. The van der Waals surface area contributed by atoms with Gasteiger partial charge in [0.05, 0.1) is 11.5 Å². The summed E-state index contributed by atoms with van der Waals surface area (Å²) in [6.45, 7) is 6.69. The van der Waals surface area contributed by atoms with Crippen LogP contribution in [0.2, 0.25) is 0 Å². The van der Waals surface area contributed by atoms with E-state index in [-0.39, 0.29) is 17.4 Å². The van der Waals surface area contributed by atoms with E-state index >= 15 is 0 Å². The van der Waals surface area contributed by atoms with Crippen LogP contribution >= 0.6 is 0 Å². The first-order valence-electron chi connectivity index (χ1n) is 12.1. The average Bonchev–Trinajstić information content (AvgIpc) is 3.04. The van der Waals surface area contributed by atoms with Crippen LogP contribution in [0, 0.1) is 12.3 Å². The summed E-state index contributed by atoms with van der Waals surface area (Å²) < 4.78 is 0. The van der Waals surface area contributed by atoms with Crippen LogP contribution in [-0.2, 0) is 9.59 Å². The second-order valence-electron chi connectivity index (χ2n) is 9.82. The van der Waals surface area contributed by atoms with Crippen molar-refractivity contribution < 1.29 is 14.7 Å². The van der Waals surface area contributed by atoms with E-state index < -0.39 is 0 Å². The Balaban J connectivity index is 1.45. The minimum atomic E-state index is -0.269. The summed E-state index contributed by atoms with van der Waals surface area (Å²) in [6.07, 6.45) is 7.60. The number of hydrogen-bond acceptors (Lipinski definition) is 4. The maximum atomic E-state index is 13.6. The molecule has 1 aromatic carbocycles. The Kier molecular flexibility index (Phi) is 6.56. The van der Waals surface area contributed by atoms with Gasteiger partial charge in [-0.15, -0.1) is 0 Å². The zero-order valence-electron chi connectivity index (χ0n) is 19.0. The summed E-state index contributed by atoms with van der Waals surface area (Å²) in [4.78, 5) is 30.0. The van der Waals surface area contributed by atoms with Crippen LogP contribution in [0.5, 0.6) is 0 Å². The van der Waals surface area contributed by atoms with Crippen molar-refractivity contribution in [1.82, 2.24) is 4.90 Å². The minimum Gasteiger partial charge on any atom is -0.393 e. The number of carbonyl (C=O) groups is 2. The number of piperidine rings is 1. The standard InChI is InChI=1S/C25H37N3O3/c1-3-5-23(30)26-19-6-11-22(18(2)16-19)27-14-4-12-25(17-27)13-15-28(24(25)31)20-7-9-21(29)10-8-20/h6,11,16,20-21,29H,3-5,7-10,12-15,17H2,1-2H3,(H,26,30)/t20-,21-,25-/m1/s1. The number of likely N-dealkylation sites (tertiary alicyclic amines) is 1. The van der Waals surface area contributed by atoms with Gasteiger partial charge in [0.1, 0.15) is 0 Å². The molecule has 2 aliphatic heterocycles. The molecule has 1 saturated carbocycles. The highest BCUT2D eigenvalue weighted by Gasteiger charge is 2.50. The summed E-state index contributed by atoms with van der Waals surface area (Å²) in [5.74, 6) is 0.387. The minimum absolute atomic E-state index is 0.0541. The summed E-state index contributed by atoms with van der Waals surface area (Å²) in [5.41, 5.74) is 2.87. The van der Waals surface area contributed by atoms with Crippen molar-refractivity contribution in [3.63, 3.8) is 0 Å². The van der Waals surface area contributed by atoms with E-state index in [4.69, 9.17) is 0 Å². The third-order valence-corrected chi connectivity index (χ3v) is 7.53. The van der Waals surface area contributed by atoms with Gasteiger partial charge in [-0.3, -0.25) is 9.59 Å². The molecule has 3 aliphatic rings. The highest BCUT2D eigenvalue weighted by atomic mass is 16.3. The smallest absolute Gasteiger partial charge is 0.230 e. The van der Waals surface area contributed by atoms with Crippen LogP contribution in [0.4, 0.5) is 11.4 Å². The highest BCUT2D eigenvalue weighted by Crippen LogP contribution is 2.44. The fraction of sp³-hybridized carbons (Fsp3) is 0.680. The van der Waals surface area contributed by atoms with Crippen molar-refractivity contribution in [1.29, 1.82) is 0 Å². The number of nitrogens with zero attached hydrogens (tertiary/aromatic N) is 2. The molecule has 6 heteroatoms. The Bertz CT molecular complexity index is 818. The summed E-state index contributed by atoms with van der Waals surface area (Å²) >= 11 is 0. The fourth-order valence-corrected chi connectivity index (χ4v) is 5.82. The molecule has 2 N–H and O–H groups in total. The number of benzene rings is 1. The zero-order chi connectivity index (χ0) is 22.0. The quantitative estimate of drug-likeness (QED) is 0.749. The first-order valence-corrected chi connectivity index (χ1v) is 12.1. The van der Waals surface area contributed by atoms with Crippen LogP contribution in [0.15, 0.2) is 18.2 Å². The Hall–Kier alpha value is -2.08. The number of anilines is 2. The van der Waals surface area contributed by atoms with Crippen LogP contribution in [0.3, 0.4) is 0 Å². The Labute approximate surface area is 186 Å². The number of amides is 2. The normalized spacial score (nSPS) is 28.9. The number of aliphatic hydroxyl groups excluding tert-OH is 1. The van der Waals surface area contributed by atoms with Gasteiger partial charge in [-0.2, -0.15) is 0 Å². The summed E-state index contributed by atoms with van der Waals surface area (Å²) in [7, 11) is 0. The third-order valence-electron chi connectivity index (χ3n) is 7.53. The number of hydrogen-bond donors (Lipinski definition) is 2. The van der Waals surface area contributed by atoms with Crippen molar-refractivity contribution in [2.45, 2.75) is 83.8 Å². The lowest BCUT2D eigenvalue weighted by Gasteiger charge is -2.42. The van der Waals surface area contributed by atoms with E-state index in [1.807, 2.05) is 19.1 Å². The lowest BCUT2D eigenvalue weighted by atomic mass is 9.78. The molecule has 3 fully saturated rings. The maximum absolute atomic E-state index is 13.6. The molecule has 1 atom stereocenters. The topological polar surface area (TPSA) is 72.9 Å². The fourth-order valence-electron chi connectivity index (χ4n) is 5.82. The Morgan fingerprint density at radius 3 is 2.68 bits per heavy atom. The molecule has 0 aromatic heterocycles. The predicted octanol–water partition coefficient (Wildman–Crippen LogP) is 3.86. The van der Waals surface area contributed by atoms with Gasteiger partial charge in [0.2, 0.25) is 11.8 Å². The van der Waals surface area contributed by atoms with Gasteiger partial charge in [0.15, 0.2) is 0 Å². The highest BCUT2D eigenvalue weighted by molar-refractivity contribution is 5.91. The van der Waals surface area contributed by atoms with Crippen molar-refractivity contribution in [3.8, 4) is 0 Å². The van der Waals surface area contributed by atoms with Gasteiger partial charge in [0.25, 0.3) is 0 Å². The number of nitrogens with one attached hydrogen (secondary N) is 1. The van der Waals surface area contributed by atoms with Crippen molar-refractivity contribution in [2.75, 3.05) is 29.9 Å². The monoisotopic (exact) mass is 427 g/mol. The van der Waals surface area contributed by atoms with Crippen LogP contribution in [-0.4, -0.2) is 53.6 Å². The number of aryl methyl sites for hydroxylation is 1. The van der Waals surface area contributed by atoms with Gasteiger partial charge in [-0.1, -0.05) is 6.92 Å². The molecule has 170 valence electrons. The molecule has 31 heavy (non-hydrogen) atoms. The molecule has 2 amide bonds. The maximum Gasteiger partial charge on any atom is 0.230 e. The Morgan fingerprint density at radius 2 is 1.97 bits per heavy atom. The van der Waals surface area contributed by atoms with Crippen LogP contribution in [0.25, 0.3) is 0 Å². The lowest BCUT2D eigenvalue weighted by molar-refractivity contribution is -0.139. The van der Waals surface area contributed by atoms with E-state index in [2.05, 4.69) is 28.1 Å². The van der Waals surface area contributed by atoms with Gasteiger partial charge in [-0.25, -0.2) is 0 Å². The largest absolute Gasteiger partial charge is 0.393 e. The molecule has 0 bridgehead atoms. The van der Waals surface area contributed by atoms with Gasteiger partial charge in [-0.05, 0) is 82.1 Å². The molecule has 2 heterocycles. The molecule has 6 nitrogen and oxygen atoms in total. The second kappa shape index (κ2) is 9.19. The lowest BCUT2D eigenvalue weighted by Crippen LogP contribution is -2.50. The summed E-state index contributed by atoms with van der Waals surface area (Å²) in [5, 5.41) is 12.8. The van der Waals surface area contributed by atoms with Crippen molar-refractivity contribution in [2.24, 2.45) is 5.41 Å². The van der Waals surface area contributed by atoms with E-state index in [9.17, 15) is 14.7 Å². The van der Waals surface area contributed by atoms with Gasteiger partial charge in [0, 0.05) is 43.5 Å². The predicted molar refractivity (Wildman–Crippen MR) is 123 cm³/mol. The average molecular weight is 428 g/mol. The van der Waals surface area contributed by atoms with Gasteiger partial charge < -0.3 is 20.2 Å². The molecule has 2 saturated heterocycles. The second-order valence-corrected chi connectivity index (χ2v) is 9.82. The number of rotatable bonds is 5. The molecule has 1 aliphatic carbocycles. The molecular formula is C25H37N3O3. The van der Waals surface area contributed by atoms with E-state index in [1.165, 1.54) is 5.69 Å². The molecule has 4 rings (SSSR count). The van der Waals surface area contributed by atoms with Gasteiger partial charge >= 0.3 is 0 Å². The van der Waals surface area contributed by atoms with E-state index in [1.54, 1.807) is 0 Å². The SMILES string of the molecule is CCCC(=O)Nc1ccc(N2CCC[C@@]3(CCN([C@H]4CC[C@H](O)CC4)C3=O)C2)c(C)c1. The number of carbonyl (C=O) groups excluding carboxylic acids is 2. The van der Waals surface area contributed by atoms with E-state index in [0.717, 1.165) is 82.3 Å². The number of aliphatic hydroxyl groups is 1. The van der Waals surface area contributed by atoms with Crippen LogP contribution in [0.1, 0.15) is 70.3 Å². The Morgan fingerprint density at radius 1 is 1.19 bits per heavy atom. The molecule has 1 spiro atoms.